The fourth-order valence-corrected chi connectivity index (χ4v) is 4.15. The maximum absolute atomic E-state index is 12.5. The lowest BCUT2D eigenvalue weighted by atomic mass is 10.2. The number of nitrogens with zero attached hydrogens (tertiary/aromatic N) is 2. The van der Waals surface area contributed by atoms with E-state index < -0.39 is 0 Å². The van der Waals surface area contributed by atoms with Gasteiger partial charge in [0.05, 0.1) is 23.8 Å². The molecule has 0 radical (unpaired) electrons. The summed E-state index contributed by atoms with van der Waals surface area (Å²) in [6.45, 7) is 7.49. The van der Waals surface area contributed by atoms with Crippen molar-refractivity contribution in [3.05, 3.63) is 54.1 Å². The lowest BCUT2D eigenvalue weighted by molar-refractivity contribution is -0.128. The zero-order valence-corrected chi connectivity index (χ0v) is 18.4. The van der Waals surface area contributed by atoms with E-state index in [1.807, 2.05) is 61.2 Å². The van der Waals surface area contributed by atoms with Gasteiger partial charge in [-0.15, -0.1) is 11.8 Å². The van der Waals surface area contributed by atoms with E-state index in [2.05, 4.69) is 16.3 Å². The Bertz CT molecular complexity index is 866. The van der Waals surface area contributed by atoms with Gasteiger partial charge in [-0.25, -0.2) is 0 Å². The third-order valence-electron chi connectivity index (χ3n) is 4.90. The van der Waals surface area contributed by atoms with Gasteiger partial charge in [-0.2, -0.15) is 0 Å². The van der Waals surface area contributed by atoms with Crippen molar-refractivity contribution in [3.8, 4) is 5.75 Å². The summed E-state index contributed by atoms with van der Waals surface area (Å²) >= 11 is 1.36. The second-order valence-electron chi connectivity index (χ2n) is 7.18. The predicted octanol–water partition coefficient (Wildman–Crippen LogP) is 3.41. The number of aryl methyl sites for hydroxylation is 1. The van der Waals surface area contributed by atoms with Crippen molar-refractivity contribution in [2.24, 2.45) is 0 Å². The van der Waals surface area contributed by atoms with Gasteiger partial charge in [0.2, 0.25) is 11.8 Å². The molecule has 160 valence electrons. The van der Waals surface area contributed by atoms with Crippen molar-refractivity contribution in [1.82, 2.24) is 4.90 Å². The Balaban J connectivity index is 1.41. The molecule has 6 nitrogen and oxygen atoms in total. The van der Waals surface area contributed by atoms with Crippen LogP contribution < -0.4 is 15.0 Å². The lowest BCUT2D eigenvalue weighted by Gasteiger charge is -2.36. The van der Waals surface area contributed by atoms with Crippen LogP contribution in [0.5, 0.6) is 5.75 Å². The number of para-hydroxylation sites is 2. The molecule has 2 amide bonds. The summed E-state index contributed by atoms with van der Waals surface area (Å²) in [7, 11) is 0. The number of carbonyl (C=O) groups excluding carboxylic acids is 2. The van der Waals surface area contributed by atoms with Gasteiger partial charge in [-0.1, -0.05) is 24.3 Å². The van der Waals surface area contributed by atoms with Crippen LogP contribution in [-0.4, -0.2) is 61.0 Å². The van der Waals surface area contributed by atoms with Gasteiger partial charge in [-0.3, -0.25) is 9.59 Å². The summed E-state index contributed by atoms with van der Waals surface area (Å²) in [6, 6.07) is 15.7. The summed E-state index contributed by atoms with van der Waals surface area (Å²) in [5.74, 6) is 1.46. The number of amides is 2. The minimum Gasteiger partial charge on any atom is -0.492 e. The Hall–Kier alpha value is -2.67. The zero-order valence-electron chi connectivity index (χ0n) is 17.6. The zero-order chi connectivity index (χ0) is 21.3. The molecule has 1 fully saturated rings. The highest BCUT2D eigenvalue weighted by molar-refractivity contribution is 8.00. The number of benzene rings is 2. The first-order chi connectivity index (χ1) is 14.6. The van der Waals surface area contributed by atoms with Crippen molar-refractivity contribution < 1.29 is 14.3 Å². The van der Waals surface area contributed by atoms with E-state index in [1.54, 1.807) is 0 Å². The molecule has 0 atom stereocenters. The van der Waals surface area contributed by atoms with Crippen LogP contribution in [0.15, 0.2) is 48.5 Å². The standard InChI is InChI=1S/C23H29N3O3S/c1-3-29-21-10-5-4-9-20(21)25-11-13-26(14-12-25)23(28)17-30-16-22(27)24-19-8-6-7-18(2)15-19/h4-10,15H,3,11-14,16-17H2,1-2H3,(H,24,27). The second-order valence-corrected chi connectivity index (χ2v) is 8.16. The van der Waals surface area contributed by atoms with E-state index in [-0.39, 0.29) is 17.6 Å². The monoisotopic (exact) mass is 427 g/mol. The van der Waals surface area contributed by atoms with Crippen LogP contribution in [0.2, 0.25) is 0 Å². The Labute approximate surface area is 182 Å². The number of nitrogens with one attached hydrogen (secondary N) is 1. The number of anilines is 2. The molecule has 2 aromatic rings. The van der Waals surface area contributed by atoms with E-state index >= 15 is 0 Å². The minimum atomic E-state index is -0.0873. The maximum atomic E-state index is 12.5. The van der Waals surface area contributed by atoms with Gasteiger partial charge < -0.3 is 19.9 Å². The molecular formula is C23H29N3O3S. The molecule has 0 aliphatic carbocycles. The fraction of sp³-hybridized carbons (Fsp3) is 0.391. The third kappa shape index (κ3) is 6.16. The SMILES string of the molecule is CCOc1ccccc1N1CCN(C(=O)CSCC(=O)Nc2cccc(C)c2)CC1. The van der Waals surface area contributed by atoms with Crippen LogP contribution in [0, 0.1) is 6.92 Å². The number of thioether (sulfide) groups is 1. The van der Waals surface area contributed by atoms with Gasteiger partial charge in [-0.05, 0) is 43.7 Å². The molecule has 1 saturated heterocycles. The first kappa shape index (κ1) is 22.0. The highest BCUT2D eigenvalue weighted by Gasteiger charge is 2.23. The molecular weight excluding hydrogens is 398 g/mol. The van der Waals surface area contributed by atoms with Crippen molar-refractivity contribution in [2.45, 2.75) is 13.8 Å². The highest BCUT2D eigenvalue weighted by Crippen LogP contribution is 2.28. The van der Waals surface area contributed by atoms with E-state index in [0.29, 0.717) is 25.4 Å². The number of piperazine rings is 1. The number of hydrogen-bond donors (Lipinski definition) is 1. The van der Waals surface area contributed by atoms with Gasteiger partial charge in [0, 0.05) is 31.9 Å². The predicted molar refractivity (Wildman–Crippen MR) is 124 cm³/mol. The molecule has 1 N–H and O–H groups in total. The van der Waals surface area contributed by atoms with Crippen LogP contribution in [0.3, 0.4) is 0 Å². The lowest BCUT2D eigenvalue weighted by Crippen LogP contribution is -2.49. The fourth-order valence-electron chi connectivity index (χ4n) is 3.43. The molecule has 7 heteroatoms. The molecule has 1 heterocycles. The molecule has 0 spiro atoms. The largest absolute Gasteiger partial charge is 0.492 e. The smallest absolute Gasteiger partial charge is 0.234 e. The average molecular weight is 428 g/mol. The summed E-state index contributed by atoms with van der Waals surface area (Å²) in [5, 5.41) is 2.87. The average Bonchev–Trinajstić information content (AvgIpc) is 2.74. The summed E-state index contributed by atoms with van der Waals surface area (Å²) < 4.78 is 5.73. The molecule has 0 aromatic heterocycles. The number of rotatable bonds is 8. The number of carbonyl (C=O) groups is 2. The molecule has 0 bridgehead atoms. The maximum Gasteiger partial charge on any atom is 0.234 e. The van der Waals surface area contributed by atoms with E-state index in [0.717, 1.165) is 35.8 Å². The second kappa shape index (κ2) is 10.9. The number of hydrogen-bond acceptors (Lipinski definition) is 5. The van der Waals surface area contributed by atoms with Crippen molar-refractivity contribution >= 4 is 35.0 Å². The van der Waals surface area contributed by atoms with Crippen LogP contribution in [0.25, 0.3) is 0 Å². The third-order valence-corrected chi connectivity index (χ3v) is 5.82. The van der Waals surface area contributed by atoms with E-state index in [1.165, 1.54) is 11.8 Å². The van der Waals surface area contributed by atoms with Gasteiger partial charge in [0.1, 0.15) is 5.75 Å². The quantitative estimate of drug-likeness (QED) is 0.700. The Morgan fingerprint density at radius 2 is 1.80 bits per heavy atom. The minimum absolute atomic E-state index is 0.0844. The summed E-state index contributed by atoms with van der Waals surface area (Å²) in [4.78, 5) is 28.8. The molecule has 1 aliphatic rings. The first-order valence-corrected chi connectivity index (χ1v) is 11.4. The molecule has 2 aromatic carbocycles. The Morgan fingerprint density at radius 1 is 1.03 bits per heavy atom. The van der Waals surface area contributed by atoms with Gasteiger partial charge in [0.15, 0.2) is 0 Å². The highest BCUT2D eigenvalue weighted by atomic mass is 32.2. The van der Waals surface area contributed by atoms with Crippen LogP contribution in [0.1, 0.15) is 12.5 Å². The van der Waals surface area contributed by atoms with Gasteiger partial charge in [0.25, 0.3) is 0 Å². The van der Waals surface area contributed by atoms with Crippen molar-refractivity contribution in [3.63, 3.8) is 0 Å². The van der Waals surface area contributed by atoms with Crippen LogP contribution in [0.4, 0.5) is 11.4 Å². The summed E-state index contributed by atoms with van der Waals surface area (Å²) in [5.41, 5.74) is 2.96. The molecule has 30 heavy (non-hydrogen) atoms. The molecule has 0 saturated carbocycles. The van der Waals surface area contributed by atoms with E-state index in [4.69, 9.17) is 4.74 Å². The van der Waals surface area contributed by atoms with Gasteiger partial charge >= 0.3 is 0 Å². The molecule has 3 rings (SSSR count). The Morgan fingerprint density at radius 3 is 2.53 bits per heavy atom. The van der Waals surface area contributed by atoms with Crippen molar-refractivity contribution in [1.29, 1.82) is 0 Å². The van der Waals surface area contributed by atoms with E-state index in [9.17, 15) is 9.59 Å². The van der Waals surface area contributed by atoms with Crippen LogP contribution >= 0.6 is 11.8 Å². The first-order valence-electron chi connectivity index (χ1n) is 10.3. The molecule has 0 unspecified atom stereocenters. The Kier molecular flexibility index (Phi) is 8.02. The summed E-state index contributed by atoms with van der Waals surface area (Å²) in [6.07, 6.45) is 0. The molecule has 1 aliphatic heterocycles. The normalized spacial score (nSPS) is 13.8. The van der Waals surface area contributed by atoms with Crippen LogP contribution in [-0.2, 0) is 9.59 Å². The van der Waals surface area contributed by atoms with Crippen molar-refractivity contribution in [2.75, 3.05) is 54.5 Å². The number of ether oxygens (including phenoxy) is 1. The topological polar surface area (TPSA) is 61.9 Å².